The minimum atomic E-state index is -1.03. The summed E-state index contributed by atoms with van der Waals surface area (Å²) in [6.07, 6.45) is 0. The van der Waals surface area contributed by atoms with Crippen LogP contribution in [0.5, 0.6) is 0 Å². The maximum atomic E-state index is 12.8. The van der Waals surface area contributed by atoms with Gasteiger partial charge < -0.3 is 5.11 Å². The van der Waals surface area contributed by atoms with E-state index in [1.165, 1.54) is 25.1 Å². The van der Waals surface area contributed by atoms with Crippen molar-refractivity contribution in [1.29, 1.82) is 0 Å². The first-order valence-corrected chi connectivity index (χ1v) is 4.33. The fourth-order valence-electron chi connectivity index (χ4n) is 1.18. The summed E-state index contributed by atoms with van der Waals surface area (Å²) < 4.78 is 12.8. The Hall–Kier alpha value is -1.98. The number of carbonyl (C=O) groups is 1. The molecular formula is C9H8FN3O2. The van der Waals surface area contributed by atoms with Gasteiger partial charge in [0.25, 0.3) is 0 Å². The summed E-state index contributed by atoms with van der Waals surface area (Å²) in [5.41, 5.74) is 0.826. The van der Waals surface area contributed by atoms with E-state index >= 15 is 0 Å². The van der Waals surface area contributed by atoms with Gasteiger partial charge in [-0.25, -0.2) is 9.18 Å². The van der Waals surface area contributed by atoms with E-state index in [9.17, 15) is 9.18 Å². The molecule has 0 amide bonds. The number of hydrogen-bond acceptors (Lipinski definition) is 3. The summed E-state index contributed by atoms with van der Waals surface area (Å²) in [6, 6.07) is 3.07. The van der Waals surface area contributed by atoms with Crippen molar-refractivity contribution >= 4 is 17.0 Å². The number of carboxylic acid groups (broad SMARTS) is 1. The van der Waals surface area contributed by atoms with E-state index in [2.05, 4.69) is 10.2 Å². The molecule has 1 aromatic heterocycles. The lowest BCUT2D eigenvalue weighted by Crippen LogP contribution is -2.17. The van der Waals surface area contributed by atoms with Crippen molar-refractivity contribution in [2.24, 2.45) is 0 Å². The quantitative estimate of drug-likeness (QED) is 0.807. The third-order valence-corrected chi connectivity index (χ3v) is 2.06. The third kappa shape index (κ3) is 1.65. The molecular weight excluding hydrogens is 201 g/mol. The zero-order chi connectivity index (χ0) is 11.0. The Morgan fingerprint density at radius 2 is 2.13 bits per heavy atom. The van der Waals surface area contributed by atoms with E-state index in [0.29, 0.717) is 11.0 Å². The van der Waals surface area contributed by atoms with Crippen LogP contribution in [0.15, 0.2) is 18.2 Å². The van der Waals surface area contributed by atoms with Crippen LogP contribution in [0.2, 0.25) is 0 Å². The van der Waals surface area contributed by atoms with Crippen LogP contribution in [0.25, 0.3) is 11.0 Å². The smallest absolute Gasteiger partial charge is 0.330 e. The Kier molecular flexibility index (Phi) is 2.11. The number of hydrogen-bond donors (Lipinski definition) is 1. The minimum Gasteiger partial charge on any atom is -0.480 e. The molecule has 2 aromatic rings. The molecule has 1 atom stereocenters. The highest BCUT2D eigenvalue weighted by Crippen LogP contribution is 2.13. The average Bonchev–Trinajstić information content (AvgIpc) is 2.58. The molecule has 0 fully saturated rings. The van der Waals surface area contributed by atoms with E-state index in [-0.39, 0.29) is 0 Å². The van der Waals surface area contributed by atoms with Crippen molar-refractivity contribution in [3.8, 4) is 0 Å². The normalized spacial score (nSPS) is 12.9. The van der Waals surface area contributed by atoms with Gasteiger partial charge in [0, 0.05) is 6.07 Å². The highest BCUT2D eigenvalue weighted by molar-refractivity contribution is 5.75. The third-order valence-electron chi connectivity index (χ3n) is 2.06. The van der Waals surface area contributed by atoms with Gasteiger partial charge >= 0.3 is 5.97 Å². The van der Waals surface area contributed by atoms with Gasteiger partial charge in [-0.1, -0.05) is 0 Å². The topological polar surface area (TPSA) is 68.0 Å². The van der Waals surface area contributed by atoms with Crippen molar-refractivity contribution in [2.45, 2.75) is 13.0 Å². The van der Waals surface area contributed by atoms with E-state index < -0.39 is 17.8 Å². The monoisotopic (exact) mass is 209 g/mol. The van der Waals surface area contributed by atoms with Crippen LogP contribution < -0.4 is 0 Å². The Morgan fingerprint density at radius 1 is 1.47 bits per heavy atom. The summed E-state index contributed by atoms with van der Waals surface area (Å²) in [4.78, 5) is 11.7. The van der Waals surface area contributed by atoms with Crippen molar-refractivity contribution in [2.75, 3.05) is 0 Å². The van der Waals surface area contributed by atoms with Gasteiger partial charge in [-0.3, -0.25) is 0 Å². The number of aromatic nitrogens is 3. The van der Waals surface area contributed by atoms with E-state index in [0.717, 1.165) is 4.80 Å². The van der Waals surface area contributed by atoms with Gasteiger partial charge in [0.15, 0.2) is 6.04 Å². The van der Waals surface area contributed by atoms with Crippen LogP contribution in [-0.2, 0) is 4.79 Å². The first-order chi connectivity index (χ1) is 7.08. The largest absolute Gasteiger partial charge is 0.480 e. The second-order valence-electron chi connectivity index (χ2n) is 3.17. The zero-order valence-electron chi connectivity index (χ0n) is 7.88. The predicted molar refractivity (Wildman–Crippen MR) is 49.8 cm³/mol. The standard InChI is InChI=1S/C9H8FN3O2/c1-5(9(14)15)13-11-7-3-2-6(10)4-8(7)12-13/h2-5H,1H3,(H,14,15). The molecule has 78 valence electrons. The van der Waals surface area contributed by atoms with E-state index in [1.54, 1.807) is 0 Å². The summed E-state index contributed by atoms with van der Waals surface area (Å²) in [6.45, 7) is 1.46. The van der Waals surface area contributed by atoms with Crippen molar-refractivity contribution < 1.29 is 14.3 Å². The number of rotatable bonds is 2. The maximum absolute atomic E-state index is 12.8. The SMILES string of the molecule is CC(C(=O)O)n1nc2ccc(F)cc2n1. The first-order valence-electron chi connectivity index (χ1n) is 4.33. The lowest BCUT2D eigenvalue weighted by molar-refractivity contribution is -0.140. The fourth-order valence-corrected chi connectivity index (χ4v) is 1.18. The number of benzene rings is 1. The fraction of sp³-hybridized carbons (Fsp3) is 0.222. The first kappa shape index (κ1) is 9.57. The molecule has 2 rings (SSSR count). The van der Waals surface area contributed by atoms with Crippen molar-refractivity contribution in [3.05, 3.63) is 24.0 Å². The summed E-state index contributed by atoms with van der Waals surface area (Å²) in [5.74, 6) is -1.45. The number of carboxylic acids is 1. The summed E-state index contributed by atoms with van der Waals surface area (Å²) in [5, 5.41) is 16.6. The average molecular weight is 209 g/mol. The van der Waals surface area contributed by atoms with Gasteiger partial charge in [-0.05, 0) is 19.1 Å². The van der Waals surface area contributed by atoms with Crippen LogP contribution in [0.3, 0.4) is 0 Å². The van der Waals surface area contributed by atoms with Crippen LogP contribution >= 0.6 is 0 Å². The molecule has 1 aromatic carbocycles. The number of fused-ring (bicyclic) bond motifs is 1. The van der Waals surface area contributed by atoms with Gasteiger partial charge in [0.05, 0.1) is 0 Å². The Balaban J connectivity index is 2.51. The van der Waals surface area contributed by atoms with Crippen LogP contribution in [0, 0.1) is 5.82 Å². The molecule has 1 unspecified atom stereocenters. The van der Waals surface area contributed by atoms with Crippen LogP contribution in [-0.4, -0.2) is 26.1 Å². The van der Waals surface area contributed by atoms with Crippen molar-refractivity contribution in [3.63, 3.8) is 0 Å². The van der Waals surface area contributed by atoms with Crippen LogP contribution in [0.1, 0.15) is 13.0 Å². The molecule has 0 saturated carbocycles. The molecule has 0 bridgehead atoms. The molecule has 0 saturated heterocycles. The molecule has 6 heteroatoms. The molecule has 0 aliphatic rings. The van der Waals surface area contributed by atoms with Gasteiger partial charge in [-0.2, -0.15) is 15.0 Å². The molecule has 0 aliphatic carbocycles. The second kappa shape index (κ2) is 3.30. The number of halogens is 1. The summed E-state index contributed by atoms with van der Waals surface area (Å²) >= 11 is 0. The van der Waals surface area contributed by atoms with Gasteiger partial charge in [0.2, 0.25) is 0 Å². The molecule has 1 heterocycles. The highest BCUT2D eigenvalue weighted by atomic mass is 19.1. The predicted octanol–water partition coefficient (Wildman–Crippen LogP) is 1.22. The molecule has 15 heavy (non-hydrogen) atoms. The molecule has 0 spiro atoms. The van der Waals surface area contributed by atoms with Crippen molar-refractivity contribution in [1.82, 2.24) is 15.0 Å². The second-order valence-corrected chi connectivity index (χ2v) is 3.17. The van der Waals surface area contributed by atoms with Gasteiger partial charge in [-0.15, -0.1) is 0 Å². The zero-order valence-corrected chi connectivity index (χ0v) is 7.88. The Labute approximate surface area is 84.1 Å². The highest BCUT2D eigenvalue weighted by Gasteiger charge is 2.16. The Morgan fingerprint density at radius 3 is 2.80 bits per heavy atom. The lowest BCUT2D eigenvalue weighted by Gasteiger charge is -2.02. The molecule has 1 N–H and O–H groups in total. The molecule has 0 aliphatic heterocycles. The summed E-state index contributed by atoms with van der Waals surface area (Å²) in [7, 11) is 0. The maximum Gasteiger partial charge on any atom is 0.330 e. The van der Waals surface area contributed by atoms with E-state index in [4.69, 9.17) is 5.11 Å². The Bertz CT molecular complexity index is 523. The number of aliphatic carboxylic acids is 1. The van der Waals surface area contributed by atoms with Crippen LogP contribution in [0.4, 0.5) is 4.39 Å². The van der Waals surface area contributed by atoms with Gasteiger partial charge in [0.1, 0.15) is 16.9 Å². The molecule has 5 nitrogen and oxygen atoms in total. The lowest BCUT2D eigenvalue weighted by atomic mass is 10.3. The minimum absolute atomic E-state index is 0.350. The van der Waals surface area contributed by atoms with E-state index in [1.807, 2.05) is 0 Å². The molecule has 0 radical (unpaired) electrons. The number of nitrogens with zero attached hydrogens (tertiary/aromatic N) is 3.